The van der Waals surface area contributed by atoms with Gasteiger partial charge >= 0.3 is 0 Å². The van der Waals surface area contributed by atoms with Crippen molar-refractivity contribution in [3.8, 4) is 11.3 Å². The van der Waals surface area contributed by atoms with E-state index in [1.807, 2.05) is 0 Å². The van der Waals surface area contributed by atoms with Crippen LogP contribution in [0.5, 0.6) is 0 Å². The van der Waals surface area contributed by atoms with Gasteiger partial charge in [0.2, 0.25) is 11.8 Å². The molecule has 1 aliphatic rings. The number of rotatable bonds is 6. The van der Waals surface area contributed by atoms with Crippen LogP contribution in [0.4, 0.5) is 16.2 Å². The largest absolute Gasteiger partial charge is 0.627 e. The molecule has 27 heavy (non-hydrogen) atoms. The van der Waals surface area contributed by atoms with Gasteiger partial charge in [-0.1, -0.05) is 0 Å². The Morgan fingerprint density at radius 1 is 1.26 bits per heavy atom. The van der Waals surface area contributed by atoms with E-state index in [1.54, 1.807) is 13.0 Å². The molecule has 1 atom stereocenters. The highest BCUT2D eigenvalue weighted by atomic mass is 19.1. The summed E-state index contributed by atoms with van der Waals surface area (Å²) in [6.07, 6.45) is 0. The van der Waals surface area contributed by atoms with Crippen LogP contribution in [0.3, 0.4) is 0 Å². The molecule has 9 nitrogen and oxygen atoms in total. The minimum atomic E-state index is -1.45. The Hall–Kier alpha value is -2.21. The summed E-state index contributed by atoms with van der Waals surface area (Å²) in [5.41, 5.74) is 0.867. The average Bonchev–Trinajstić information content (AvgIpc) is 2.67. The average molecular weight is 379 g/mol. The van der Waals surface area contributed by atoms with Gasteiger partial charge in [-0.25, -0.2) is 9.37 Å². The summed E-state index contributed by atoms with van der Waals surface area (Å²) >= 11 is 0. The second kappa shape index (κ2) is 7.80. The van der Waals surface area contributed by atoms with Crippen LogP contribution in [0, 0.1) is 17.9 Å². The van der Waals surface area contributed by atoms with Crippen molar-refractivity contribution >= 4 is 11.8 Å². The molecule has 1 aromatic carbocycles. The van der Waals surface area contributed by atoms with E-state index >= 15 is 0 Å². The number of nitrogens with one attached hydrogen (secondary N) is 3. The first-order valence-electron chi connectivity index (χ1n) is 8.45. The Balaban J connectivity index is 2.16. The van der Waals surface area contributed by atoms with E-state index in [0.29, 0.717) is 28.9 Å². The van der Waals surface area contributed by atoms with Crippen LogP contribution in [0.25, 0.3) is 11.3 Å². The van der Waals surface area contributed by atoms with E-state index in [2.05, 4.69) is 20.6 Å². The number of quaternary nitrogens is 1. The lowest BCUT2D eigenvalue weighted by atomic mass is 10.0. The van der Waals surface area contributed by atoms with Gasteiger partial charge in [-0.15, -0.1) is 0 Å². The monoisotopic (exact) mass is 379 g/mol. The van der Waals surface area contributed by atoms with Gasteiger partial charge in [0.1, 0.15) is 18.0 Å². The standard InChI is InChI=1S/C17H22FN5O4/c1-10-4-11(18)2-3-12(10)14-13-5-19-9-23(27)15(13)21-16(20-14)22-17(6-24,7-25)8-26/h2-4,19,23-26H,5-9H2,1H3,(H,20,21,22). The van der Waals surface area contributed by atoms with Crippen molar-refractivity contribution in [1.29, 1.82) is 0 Å². The van der Waals surface area contributed by atoms with Gasteiger partial charge < -0.3 is 30.9 Å². The van der Waals surface area contributed by atoms with Crippen LogP contribution in [-0.4, -0.2) is 57.3 Å². The van der Waals surface area contributed by atoms with Crippen molar-refractivity contribution in [2.24, 2.45) is 0 Å². The number of halogens is 1. The second-order valence-electron chi connectivity index (χ2n) is 6.59. The molecule has 0 bridgehead atoms. The summed E-state index contributed by atoms with van der Waals surface area (Å²) in [5.74, 6) is -0.181. The van der Waals surface area contributed by atoms with Crippen molar-refractivity contribution in [2.75, 3.05) is 31.8 Å². The second-order valence-corrected chi connectivity index (χ2v) is 6.59. The minimum Gasteiger partial charge on any atom is -0.627 e. The van der Waals surface area contributed by atoms with Gasteiger partial charge in [0, 0.05) is 12.1 Å². The highest BCUT2D eigenvalue weighted by Gasteiger charge is 2.31. The molecule has 0 spiro atoms. The zero-order valence-corrected chi connectivity index (χ0v) is 14.8. The summed E-state index contributed by atoms with van der Waals surface area (Å²) in [7, 11) is 0. The predicted molar refractivity (Wildman–Crippen MR) is 95.5 cm³/mol. The normalized spacial score (nSPS) is 16.9. The molecule has 0 aliphatic carbocycles. The number of aryl methyl sites for hydroxylation is 1. The first kappa shape index (κ1) is 19.5. The number of hydroxylamine groups is 1. The molecule has 1 aromatic heterocycles. The molecule has 0 fully saturated rings. The fourth-order valence-corrected chi connectivity index (χ4v) is 2.94. The fraction of sp³-hybridized carbons (Fsp3) is 0.412. The SMILES string of the molecule is Cc1cc(F)ccc1-c1nc(NC(CO)(CO)CO)nc2c1CNC[NH+]2[O-]. The van der Waals surface area contributed by atoms with E-state index in [9.17, 15) is 24.9 Å². The van der Waals surface area contributed by atoms with Crippen molar-refractivity contribution in [1.82, 2.24) is 15.3 Å². The summed E-state index contributed by atoms with van der Waals surface area (Å²) in [5, 5.41) is 46.4. The number of benzene rings is 1. The zero-order chi connectivity index (χ0) is 19.6. The molecule has 0 amide bonds. The number of fused-ring (bicyclic) bond motifs is 1. The van der Waals surface area contributed by atoms with Crippen LogP contribution in [0.15, 0.2) is 18.2 Å². The van der Waals surface area contributed by atoms with Crippen LogP contribution in [-0.2, 0) is 6.54 Å². The van der Waals surface area contributed by atoms with Gasteiger partial charge in [-0.3, -0.25) is 5.32 Å². The quantitative estimate of drug-likeness (QED) is 0.344. The number of hydrogen-bond acceptors (Lipinski definition) is 8. The van der Waals surface area contributed by atoms with Crippen LogP contribution in [0.2, 0.25) is 0 Å². The molecule has 146 valence electrons. The van der Waals surface area contributed by atoms with E-state index in [-0.39, 0.29) is 29.3 Å². The lowest BCUT2D eigenvalue weighted by molar-refractivity contribution is -0.786. The molecule has 1 unspecified atom stereocenters. The zero-order valence-electron chi connectivity index (χ0n) is 14.8. The topological polar surface area (TPSA) is 138 Å². The number of aliphatic hydroxyl groups excluding tert-OH is 3. The third kappa shape index (κ3) is 3.76. The lowest BCUT2D eigenvalue weighted by Crippen LogP contribution is -3.05. The molecule has 2 aromatic rings. The van der Waals surface area contributed by atoms with Crippen molar-refractivity contribution in [2.45, 2.75) is 19.0 Å². The molecular formula is C17H22FN5O4. The predicted octanol–water partition coefficient (Wildman–Crippen LogP) is -1.21. The van der Waals surface area contributed by atoms with E-state index in [0.717, 1.165) is 0 Å². The van der Waals surface area contributed by atoms with Gasteiger partial charge in [-0.05, 0) is 30.7 Å². The maximum Gasteiger partial charge on any atom is 0.237 e. The fourth-order valence-electron chi connectivity index (χ4n) is 2.94. The van der Waals surface area contributed by atoms with Gasteiger partial charge in [0.05, 0.1) is 31.1 Å². The maximum absolute atomic E-state index is 13.5. The number of nitrogens with zero attached hydrogens (tertiary/aromatic N) is 2. The van der Waals surface area contributed by atoms with Crippen molar-refractivity contribution in [3.05, 3.63) is 40.4 Å². The molecule has 6 N–H and O–H groups in total. The Kier molecular flexibility index (Phi) is 5.65. The summed E-state index contributed by atoms with van der Waals surface area (Å²) in [6.45, 7) is 0.523. The molecule has 0 radical (unpaired) electrons. The first-order valence-corrected chi connectivity index (χ1v) is 8.45. The molecule has 0 saturated heterocycles. The molecule has 1 aliphatic heterocycles. The molecule has 3 rings (SSSR count). The van der Waals surface area contributed by atoms with Crippen LogP contribution < -0.4 is 15.7 Å². The van der Waals surface area contributed by atoms with Gasteiger partial charge in [0.25, 0.3) is 0 Å². The molecule has 0 saturated carbocycles. The van der Waals surface area contributed by atoms with Crippen LogP contribution in [0.1, 0.15) is 11.1 Å². The molecule has 10 heteroatoms. The Morgan fingerprint density at radius 2 is 1.96 bits per heavy atom. The molecule has 2 heterocycles. The van der Waals surface area contributed by atoms with Crippen molar-refractivity contribution < 1.29 is 24.8 Å². The van der Waals surface area contributed by atoms with Gasteiger partial charge in [-0.2, -0.15) is 4.98 Å². The van der Waals surface area contributed by atoms with E-state index < -0.39 is 25.4 Å². The van der Waals surface area contributed by atoms with Gasteiger partial charge in [0.15, 0.2) is 0 Å². The third-order valence-corrected chi connectivity index (χ3v) is 4.59. The van der Waals surface area contributed by atoms with Crippen molar-refractivity contribution in [3.63, 3.8) is 0 Å². The summed E-state index contributed by atoms with van der Waals surface area (Å²) in [6, 6.07) is 4.25. The Labute approximate surface area is 155 Å². The lowest BCUT2D eigenvalue weighted by Gasteiger charge is -2.32. The summed E-state index contributed by atoms with van der Waals surface area (Å²) in [4.78, 5) is 8.68. The molecular weight excluding hydrogens is 357 g/mol. The minimum absolute atomic E-state index is 0.0140. The maximum atomic E-state index is 13.5. The number of aromatic nitrogens is 2. The third-order valence-electron chi connectivity index (χ3n) is 4.59. The van der Waals surface area contributed by atoms with E-state index in [1.165, 1.54) is 12.1 Å². The Bertz CT molecular complexity index is 823. The number of anilines is 1. The van der Waals surface area contributed by atoms with E-state index in [4.69, 9.17) is 0 Å². The number of hydrogen-bond donors (Lipinski definition) is 6. The summed E-state index contributed by atoms with van der Waals surface area (Å²) < 4.78 is 13.5. The first-order chi connectivity index (χ1) is 12.9. The highest BCUT2D eigenvalue weighted by molar-refractivity contribution is 5.71. The number of aliphatic hydroxyl groups is 3. The Morgan fingerprint density at radius 3 is 2.59 bits per heavy atom. The van der Waals surface area contributed by atoms with Crippen LogP contribution >= 0.6 is 0 Å². The smallest absolute Gasteiger partial charge is 0.237 e. The highest BCUT2D eigenvalue weighted by Crippen LogP contribution is 2.30.